The molecule has 2 heterocycles. The first kappa shape index (κ1) is 41.9. The Kier molecular flexibility index (Phi) is 11.2. The molecule has 9 rings (SSSR count). The molecule has 354 valence electrons. The van der Waals surface area contributed by atoms with Gasteiger partial charge in [0.25, 0.3) is 0 Å². The van der Waals surface area contributed by atoms with Gasteiger partial charge in [0.1, 0.15) is 11.6 Å². The van der Waals surface area contributed by atoms with Crippen molar-refractivity contribution < 1.29 is 12.0 Å². The second kappa shape index (κ2) is 18.7. The summed E-state index contributed by atoms with van der Waals surface area (Å²) < 4.78 is 47.0. The lowest BCUT2D eigenvalue weighted by Gasteiger charge is -2.27. The molecule has 1 N–H and O–H groups in total. The molecule has 4 nitrogen and oxygen atoms in total. The van der Waals surface area contributed by atoms with Gasteiger partial charge in [-0.15, -0.1) is 0 Å². The van der Waals surface area contributed by atoms with Crippen molar-refractivity contribution in [3.05, 3.63) is 191 Å². The van der Waals surface area contributed by atoms with Crippen molar-refractivity contribution in [2.45, 2.75) is 118 Å². The van der Waals surface area contributed by atoms with E-state index in [0.717, 1.165) is 83.6 Å². The van der Waals surface area contributed by atoms with Crippen molar-refractivity contribution in [3.8, 4) is 78.6 Å². The number of para-hydroxylation sites is 1. The first-order valence-electron chi connectivity index (χ1n) is 27.0. The summed E-state index contributed by atoms with van der Waals surface area (Å²) in [4.78, 5) is 10.5. The molecule has 0 amide bonds. The SMILES string of the molecule is [2H]C([2H])([2H])c1cc(-c2cc(C(C)C)cc(C([2H])(C)C)c2)ccc1-n1c(-c2cc(C(C)(C)C)cc(C(C)(C)C)c2O)nc2c(-c3cc(-c4ccccc4)cc(-c4cc(-c5ccc(C([2H])(C)C)cc5)ccn4)c3)cccc21. The average molecular weight is 925 g/mol. The highest BCUT2D eigenvalue weighted by molar-refractivity contribution is 5.98. The molecule has 2 aromatic heterocycles. The van der Waals surface area contributed by atoms with E-state index in [-0.39, 0.29) is 22.6 Å². The van der Waals surface area contributed by atoms with Crippen LogP contribution in [0.1, 0.15) is 141 Å². The Bertz CT molecular complexity index is 3600. The third kappa shape index (κ3) is 9.49. The smallest absolute Gasteiger partial charge is 0.149 e. The van der Waals surface area contributed by atoms with E-state index in [4.69, 9.17) is 12.7 Å². The van der Waals surface area contributed by atoms with Crippen LogP contribution < -0.4 is 0 Å². The zero-order valence-corrected chi connectivity index (χ0v) is 42.9. The number of rotatable bonds is 10. The molecule has 0 aliphatic heterocycles. The molecule has 0 radical (unpaired) electrons. The van der Waals surface area contributed by atoms with Crippen LogP contribution in [-0.4, -0.2) is 19.6 Å². The minimum absolute atomic E-state index is 0.0917. The molecule has 0 bridgehead atoms. The number of aromatic nitrogens is 3. The fourth-order valence-corrected chi connectivity index (χ4v) is 9.41. The quantitative estimate of drug-likeness (QED) is 0.149. The molecule has 0 saturated heterocycles. The second-order valence-corrected chi connectivity index (χ2v) is 21.8. The summed E-state index contributed by atoms with van der Waals surface area (Å²) in [6.07, 6.45) is 1.84. The van der Waals surface area contributed by atoms with Gasteiger partial charge in [-0.1, -0.05) is 180 Å². The van der Waals surface area contributed by atoms with Gasteiger partial charge in [-0.2, -0.15) is 0 Å². The highest BCUT2D eigenvalue weighted by Gasteiger charge is 2.29. The number of aromatic hydroxyl groups is 1. The molecule has 0 unspecified atom stereocenters. The van der Waals surface area contributed by atoms with Crippen molar-refractivity contribution in [1.82, 2.24) is 14.5 Å². The van der Waals surface area contributed by atoms with Crippen molar-refractivity contribution in [2.75, 3.05) is 0 Å². The van der Waals surface area contributed by atoms with E-state index in [1.807, 2.05) is 111 Å². The standard InChI is InChI=1S/C66H69N3O/c1-40(2)44-22-24-46(25-23-44)48-28-29-67-59(37-48)54-35-51(45-18-15-14-16-19-45)34-53(36-54)56-20-17-21-61-62(56)68-64(57-38-55(65(8,9)10)39-58(63(57)70)66(11,12)13)69(61)60-27-26-47(30-43(60)7)52-32-49(41(3)4)31-50(33-52)42(5)6/h14-42,70H,1-13H3/i7D3,40D,41D. The fraction of sp³-hybridized carbons (Fsp3) is 0.273. The monoisotopic (exact) mass is 925 g/mol. The number of imidazole rings is 1. The van der Waals surface area contributed by atoms with Crippen LogP contribution in [0, 0.1) is 6.85 Å². The predicted molar refractivity (Wildman–Crippen MR) is 298 cm³/mol. The summed E-state index contributed by atoms with van der Waals surface area (Å²) in [6, 6.07) is 51.0. The lowest BCUT2D eigenvalue weighted by atomic mass is 9.79. The predicted octanol–water partition coefficient (Wildman–Crippen LogP) is 18.4. The van der Waals surface area contributed by atoms with E-state index in [1.165, 1.54) is 0 Å². The largest absolute Gasteiger partial charge is 0.507 e. The van der Waals surface area contributed by atoms with Crippen molar-refractivity contribution in [3.63, 3.8) is 0 Å². The van der Waals surface area contributed by atoms with Gasteiger partial charge in [0.05, 0.1) is 28.0 Å². The number of hydrogen-bond acceptors (Lipinski definition) is 3. The van der Waals surface area contributed by atoms with Gasteiger partial charge in [-0.05, 0) is 157 Å². The molecule has 0 atom stereocenters. The summed E-state index contributed by atoms with van der Waals surface area (Å²) >= 11 is 0. The molecule has 0 fully saturated rings. The molecule has 0 saturated carbocycles. The van der Waals surface area contributed by atoms with Crippen molar-refractivity contribution >= 4 is 11.0 Å². The zero-order chi connectivity index (χ0) is 54.2. The average Bonchev–Trinajstić information content (AvgIpc) is 3.74. The Morgan fingerprint density at radius 2 is 1.17 bits per heavy atom. The molecular formula is C66H69N3O. The maximum Gasteiger partial charge on any atom is 0.149 e. The number of hydrogen-bond donors (Lipinski definition) is 1. The summed E-state index contributed by atoms with van der Waals surface area (Å²) in [5, 5.41) is 12.6. The molecule has 70 heavy (non-hydrogen) atoms. The van der Waals surface area contributed by atoms with Gasteiger partial charge in [0, 0.05) is 29.7 Å². The minimum Gasteiger partial charge on any atom is -0.507 e. The van der Waals surface area contributed by atoms with Crippen LogP contribution >= 0.6 is 0 Å². The highest BCUT2D eigenvalue weighted by Crippen LogP contribution is 2.46. The van der Waals surface area contributed by atoms with E-state index in [0.29, 0.717) is 28.1 Å². The van der Waals surface area contributed by atoms with E-state index >= 15 is 0 Å². The highest BCUT2D eigenvalue weighted by atomic mass is 16.3. The van der Waals surface area contributed by atoms with Gasteiger partial charge in [0.15, 0.2) is 0 Å². The lowest BCUT2D eigenvalue weighted by molar-refractivity contribution is 0.446. The number of benzene rings is 7. The third-order valence-electron chi connectivity index (χ3n) is 13.7. The Morgan fingerprint density at radius 1 is 0.529 bits per heavy atom. The zero-order valence-electron chi connectivity index (χ0n) is 47.9. The first-order chi connectivity index (χ1) is 35.1. The van der Waals surface area contributed by atoms with Gasteiger partial charge in [-0.25, -0.2) is 4.98 Å². The third-order valence-corrected chi connectivity index (χ3v) is 13.7. The molecule has 0 aliphatic carbocycles. The summed E-state index contributed by atoms with van der Waals surface area (Å²) in [5.41, 5.74) is 15.2. The van der Waals surface area contributed by atoms with Crippen molar-refractivity contribution in [2.24, 2.45) is 0 Å². The molecular weight excluding hydrogens is 851 g/mol. The van der Waals surface area contributed by atoms with Crippen molar-refractivity contribution in [1.29, 1.82) is 0 Å². The van der Waals surface area contributed by atoms with E-state index < -0.39 is 24.1 Å². The maximum atomic E-state index is 12.6. The van der Waals surface area contributed by atoms with Gasteiger partial charge in [0.2, 0.25) is 0 Å². The number of fused-ring (bicyclic) bond motifs is 1. The van der Waals surface area contributed by atoms with Gasteiger partial charge in [-0.3, -0.25) is 9.55 Å². The molecule has 4 heteroatoms. The number of aryl methyl sites for hydroxylation is 1. The molecule has 0 spiro atoms. The molecule has 0 aliphatic rings. The van der Waals surface area contributed by atoms with E-state index in [1.54, 1.807) is 6.07 Å². The molecule has 9 aromatic rings. The van der Waals surface area contributed by atoms with E-state index in [2.05, 4.69) is 128 Å². The Hall–Kier alpha value is -7.04. The molecule has 7 aromatic carbocycles. The Balaban J connectivity index is 1.33. The van der Waals surface area contributed by atoms with Crippen LogP contribution in [0.3, 0.4) is 0 Å². The maximum absolute atomic E-state index is 12.6. The van der Waals surface area contributed by atoms with Crippen LogP contribution in [0.15, 0.2) is 158 Å². The van der Waals surface area contributed by atoms with Crippen LogP contribution in [0.25, 0.3) is 83.9 Å². The fourth-order valence-electron chi connectivity index (χ4n) is 9.41. The minimum atomic E-state index is -2.57. The van der Waals surface area contributed by atoms with Gasteiger partial charge >= 0.3 is 0 Å². The Labute approximate surface area is 424 Å². The van der Waals surface area contributed by atoms with Crippen LogP contribution in [0.2, 0.25) is 0 Å². The Morgan fingerprint density at radius 3 is 1.84 bits per heavy atom. The summed E-state index contributed by atoms with van der Waals surface area (Å²) in [5.74, 6) is -0.893. The number of phenols is 1. The second-order valence-electron chi connectivity index (χ2n) is 21.8. The van der Waals surface area contributed by atoms with Gasteiger partial charge < -0.3 is 5.11 Å². The lowest BCUT2D eigenvalue weighted by Crippen LogP contribution is -2.17. The topological polar surface area (TPSA) is 50.9 Å². The summed E-state index contributed by atoms with van der Waals surface area (Å²) in [6.45, 7) is 21.9. The number of nitrogens with zero attached hydrogens (tertiary/aromatic N) is 3. The number of phenolic OH excluding ortho intramolecular Hbond substituents is 1. The first-order valence-corrected chi connectivity index (χ1v) is 24.5. The van der Waals surface area contributed by atoms with Crippen LogP contribution in [0.5, 0.6) is 5.75 Å². The van der Waals surface area contributed by atoms with E-state index in [9.17, 15) is 9.22 Å². The van der Waals surface area contributed by atoms with Crippen LogP contribution in [0.4, 0.5) is 0 Å². The normalized spacial score (nSPS) is 13.8. The number of pyridine rings is 1. The summed E-state index contributed by atoms with van der Waals surface area (Å²) in [7, 11) is 0. The van der Waals surface area contributed by atoms with Crippen LogP contribution in [-0.2, 0) is 10.8 Å².